The number of nitrogens with zero attached hydrogens (tertiary/aromatic N) is 3. The molecule has 0 saturated carbocycles. The van der Waals surface area contributed by atoms with Crippen molar-refractivity contribution in [3.05, 3.63) is 51.7 Å². The summed E-state index contributed by atoms with van der Waals surface area (Å²) < 4.78 is 13.7. The Morgan fingerprint density at radius 1 is 1.30 bits per heavy atom. The molecule has 0 aliphatic carbocycles. The molecule has 6 heteroatoms. The third kappa shape index (κ3) is 4.45. The maximum Gasteiger partial charge on any atom is 0.229 e. The highest BCUT2D eigenvalue weighted by Crippen LogP contribution is 2.45. The largest absolute Gasteiger partial charge is 0.339 e. The van der Waals surface area contributed by atoms with Gasteiger partial charge in [-0.2, -0.15) is 0 Å². The fourth-order valence-electron chi connectivity index (χ4n) is 5.10. The van der Waals surface area contributed by atoms with Crippen molar-refractivity contribution < 1.29 is 9.18 Å². The summed E-state index contributed by atoms with van der Waals surface area (Å²) in [6, 6.07) is 7.01. The molecule has 1 aromatic carbocycles. The van der Waals surface area contributed by atoms with Crippen LogP contribution in [0.15, 0.2) is 29.8 Å². The van der Waals surface area contributed by atoms with Crippen molar-refractivity contribution in [3.8, 4) is 0 Å². The van der Waals surface area contributed by atoms with Crippen LogP contribution in [0.5, 0.6) is 0 Å². The summed E-state index contributed by atoms with van der Waals surface area (Å²) in [5, 5.41) is 0. The Labute approximate surface area is 183 Å². The van der Waals surface area contributed by atoms with E-state index in [9.17, 15) is 9.18 Å². The highest BCUT2D eigenvalue weighted by atomic mass is 32.1. The molecule has 4 rings (SSSR count). The van der Waals surface area contributed by atoms with Crippen molar-refractivity contribution in [3.63, 3.8) is 0 Å². The van der Waals surface area contributed by atoms with Crippen molar-refractivity contribution >= 4 is 17.2 Å². The highest BCUT2D eigenvalue weighted by Gasteiger charge is 2.52. The second kappa shape index (κ2) is 8.75. The summed E-state index contributed by atoms with van der Waals surface area (Å²) in [5.41, 5.74) is 3.77. The molecule has 0 N–H and O–H groups in total. The van der Waals surface area contributed by atoms with Crippen molar-refractivity contribution in [2.45, 2.75) is 59.0 Å². The molecular weight excluding hydrogens is 397 g/mol. The summed E-state index contributed by atoms with van der Waals surface area (Å²) in [6.07, 6.45) is 3.46. The van der Waals surface area contributed by atoms with Gasteiger partial charge in [0.2, 0.25) is 5.91 Å². The number of benzene rings is 1. The number of carbonyl (C=O) groups excluding carboxylic acids is 1. The smallest absolute Gasteiger partial charge is 0.229 e. The van der Waals surface area contributed by atoms with Gasteiger partial charge in [-0.1, -0.05) is 26.0 Å². The monoisotopic (exact) mass is 429 g/mol. The molecule has 1 atom stereocenters. The first-order chi connectivity index (χ1) is 14.4. The Balaban J connectivity index is 1.47. The van der Waals surface area contributed by atoms with Crippen LogP contribution in [0.3, 0.4) is 0 Å². The topological polar surface area (TPSA) is 36.4 Å². The van der Waals surface area contributed by atoms with Crippen LogP contribution in [0.4, 0.5) is 4.39 Å². The molecule has 1 unspecified atom stereocenters. The number of carbonyl (C=O) groups is 1. The maximum absolute atomic E-state index is 13.7. The van der Waals surface area contributed by atoms with Gasteiger partial charge in [-0.15, -0.1) is 11.3 Å². The molecule has 30 heavy (non-hydrogen) atoms. The van der Waals surface area contributed by atoms with Crippen molar-refractivity contribution in [2.24, 2.45) is 11.3 Å². The van der Waals surface area contributed by atoms with E-state index in [1.165, 1.54) is 10.9 Å². The molecule has 2 aliphatic rings. The number of hydrogen-bond acceptors (Lipinski definition) is 4. The van der Waals surface area contributed by atoms with Crippen LogP contribution in [0.25, 0.3) is 0 Å². The van der Waals surface area contributed by atoms with E-state index in [0.29, 0.717) is 11.8 Å². The lowest BCUT2D eigenvalue weighted by Gasteiger charge is -2.38. The number of rotatable bonds is 6. The van der Waals surface area contributed by atoms with Crippen LogP contribution in [0.2, 0.25) is 0 Å². The molecule has 4 nitrogen and oxygen atoms in total. The quantitative estimate of drug-likeness (QED) is 0.669. The Kier molecular flexibility index (Phi) is 6.26. The summed E-state index contributed by atoms with van der Waals surface area (Å²) in [6.45, 7) is 10.0. The Hall–Kier alpha value is -1.79. The van der Waals surface area contributed by atoms with Gasteiger partial charge in [0.1, 0.15) is 5.82 Å². The highest BCUT2D eigenvalue weighted by molar-refractivity contribution is 7.09. The molecule has 0 radical (unpaired) electrons. The minimum Gasteiger partial charge on any atom is -0.339 e. The van der Waals surface area contributed by atoms with Gasteiger partial charge in [0, 0.05) is 24.0 Å². The average molecular weight is 430 g/mol. The van der Waals surface area contributed by atoms with Gasteiger partial charge < -0.3 is 4.90 Å². The van der Waals surface area contributed by atoms with Crippen LogP contribution >= 0.6 is 11.3 Å². The lowest BCUT2D eigenvalue weighted by molar-refractivity contribution is -0.139. The molecule has 162 valence electrons. The van der Waals surface area contributed by atoms with Crippen molar-refractivity contribution in [1.29, 1.82) is 0 Å². The molecule has 1 aromatic heterocycles. The van der Waals surface area contributed by atoms with Gasteiger partial charge in [-0.3, -0.25) is 9.69 Å². The number of hydrogen-bond donors (Lipinski definition) is 0. The lowest BCUT2D eigenvalue weighted by atomic mass is 9.75. The Bertz CT molecular complexity index is 888. The SMILES string of the molecule is Cc1ncsc1CN1CCC2(CC1)CC(Cc1cccc(F)c1)N(CC(C)C)C2=O. The van der Waals surface area contributed by atoms with Crippen LogP contribution in [0.1, 0.15) is 49.2 Å². The summed E-state index contributed by atoms with van der Waals surface area (Å²) in [4.78, 5) is 23.9. The van der Waals surface area contributed by atoms with Gasteiger partial charge >= 0.3 is 0 Å². The third-order valence-electron chi connectivity index (χ3n) is 6.73. The average Bonchev–Trinajstić information content (AvgIpc) is 3.20. The van der Waals surface area contributed by atoms with Gasteiger partial charge in [-0.05, 0) is 69.3 Å². The zero-order valence-electron chi connectivity index (χ0n) is 18.2. The normalized spacial score (nSPS) is 21.8. The second-order valence-electron chi connectivity index (χ2n) is 9.46. The maximum atomic E-state index is 13.7. The van der Waals surface area contributed by atoms with E-state index >= 15 is 0 Å². The minimum atomic E-state index is -0.244. The number of halogens is 1. The number of piperidine rings is 1. The van der Waals surface area contributed by atoms with Crippen molar-refractivity contribution in [2.75, 3.05) is 19.6 Å². The van der Waals surface area contributed by atoms with Crippen molar-refractivity contribution in [1.82, 2.24) is 14.8 Å². The van der Waals surface area contributed by atoms with E-state index < -0.39 is 0 Å². The van der Waals surface area contributed by atoms with Crippen LogP contribution in [-0.2, 0) is 17.8 Å². The first kappa shape index (κ1) is 21.4. The van der Waals surface area contributed by atoms with E-state index in [0.717, 1.165) is 63.1 Å². The van der Waals surface area contributed by atoms with E-state index in [2.05, 4.69) is 35.6 Å². The number of thiazole rings is 1. The molecule has 2 aliphatic heterocycles. The predicted molar refractivity (Wildman–Crippen MR) is 119 cm³/mol. The zero-order valence-corrected chi connectivity index (χ0v) is 19.1. The van der Waals surface area contributed by atoms with E-state index in [1.54, 1.807) is 23.5 Å². The molecule has 2 fully saturated rings. The van der Waals surface area contributed by atoms with Gasteiger partial charge in [0.15, 0.2) is 0 Å². The first-order valence-corrected chi connectivity index (χ1v) is 11.9. The fraction of sp³-hybridized carbons (Fsp3) is 0.583. The molecule has 2 aromatic rings. The van der Waals surface area contributed by atoms with Gasteiger partial charge in [0.25, 0.3) is 0 Å². The number of aromatic nitrogens is 1. The molecule has 2 saturated heterocycles. The van der Waals surface area contributed by atoms with Crippen LogP contribution in [-0.4, -0.2) is 46.4 Å². The summed E-state index contributed by atoms with van der Waals surface area (Å²) in [7, 11) is 0. The summed E-state index contributed by atoms with van der Waals surface area (Å²) >= 11 is 1.72. The first-order valence-electron chi connectivity index (χ1n) is 11.0. The number of amides is 1. The third-order valence-corrected chi connectivity index (χ3v) is 7.65. The standard InChI is InChI=1S/C24H32FN3OS/c1-17(2)14-28-21(12-19-5-4-6-20(25)11-19)13-24(23(28)29)7-9-27(10-8-24)15-22-18(3)26-16-30-22/h4-6,11,16-17,21H,7-10,12-15H2,1-3H3. The van der Waals surface area contributed by atoms with E-state index in [4.69, 9.17) is 0 Å². The second-order valence-corrected chi connectivity index (χ2v) is 10.4. The Morgan fingerprint density at radius 3 is 2.70 bits per heavy atom. The molecule has 1 amide bonds. The predicted octanol–water partition coefficient (Wildman–Crippen LogP) is 4.67. The summed E-state index contributed by atoms with van der Waals surface area (Å²) in [5.74, 6) is 0.549. The lowest BCUT2D eigenvalue weighted by Crippen LogP contribution is -2.45. The molecule has 3 heterocycles. The molecule has 0 bridgehead atoms. The number of likely N-dealkylation sites (tertiary alicyclic amines) is 2. The number of aryl methyl sites for hydroxylation is 1. The van der Waals surface area contributed by atoms with E-state index in [1.807, 2.05) is 11.6 Å². The molecule has 1 spiro atoms. The zero-order chi connectivity index (χ0) is 21.3. The van der Waals surface area contributed by atoms with Gasteiger partial charge in [-0.25, -0.2) is 9.37 Å². The fourth-order valence-corrected chi connectivity index (χ4v) is 5.92. The minimum absolute atomic E-state index is 0.164. The Morgan fingerprint density at radius 2 is 2.07 bits per heavy atom. The van der Waals surface area contributed by atoms with Crippen LogP contribution in [0, 0.1) is 24.1 Å². The molecular formula is C24H32FN3OS. The van der Waals surface area contributed by atoms with Gasteiger partial charge in [0.05, 0.1) is 16.6 Å². The van der Waals surface area contributed by atoms with E-state index in [-0.39, 0.29) is 17.3 Å². The van der Waals surface area contributed by atoms with Crippen LogP contribution < -0.4 is 0 Å².